The molecule has 0 atom stereocenters. The standard InChI is InChI=1S/C22H21F2N7O/c1-30-4-2-16(3-5-30)31-12-13(9-26-31)17-7-18-20(8-19(17)24)28-29-21(18)22(32)27-15-6-14(23)10-25-11-15/h6-12,16H,2-5H2,1H3,(H,27,32)(H,28,29). The molecule has 1 aliphatic rings. The molecule has 4 heterocycles. The predicted molar refractivity (Wildman–Crippen MR) is 115 cm³/mol. The lowest BCUT2D eigenvalue weighted by Crippen LogP contribution is -2.31. The summed E-state index contributed by atoms with van der Waals surface area (Å²) in [5.74, 6) is -1.56. The molecule has 4 aromatic rings. The van der Waals surface area contributed by atoms with Crippen LogP contribution < -0.4 is 5.32 Å². The van der Waals surface area contributed by atoms with Crippen LogP contribution >= 0.6 is 0 Å². The van der Waals surface area contributed by atoms with E-state index in [-0.39, 0.29) is 17.4 Å². The normalized spacial score (nSPS) is 15.3. The van der Waals surface area contributed by atoms with Gasteiger partial charge >= 0.3 is 0 Å². The van der Waals surface area contributed by atoms with Crippen molar-refractivity contribution in [3.8, 4) is 11.1 Å². The number of hydrogen-bond acceptors (Lipinski definition) is 5. The van der Waals surface area contributed by atoms with Gasteiger partial charge in [0.1, 0.15) is 11.6 Å². The number of carbonyl (C=O) groups is 1. The lowest BCUT2D eigenvalue weighted by atomic mass is 10.0. The third-order valence-electron chi connectivity index (χ3n) is 5.80. The second-order valence-electron chi connectivity index (χ2n) is 8.04. The molecule has 1 aliphatic heterocycles. The molecule has 0 radical (unpaired) electrons. The van der Waals surface area contributed by atoms with Gasteiger partial charge < -0.3 is 10.2 Å². The summed E-state index contributed by atoms with van der Waals surface area (Å²) in [6, 6.07) is 4.33. The maximum Gasteiger partial charge on any atom is 0.276 e. The van der Waals surface area contributed by atoms with Crippen LogP contribution in [-0.4, -0.2) is 55.9 Å². The Balaban J connectivity index is 1.45. The summed E-state index contributed by atoms with van der Waals surface area (Å²) in [5.41, 5.74) is 1.63. The molecule has 0 spiro atoms. The van der Waals surface area contributed by atoms with E-state index in [0.717, 1.165) is 38.2 Å². The van der Waals surface area contributed by atoms with Gasteiger partial charge in [0.15, 0.2) is 5.69 Å². The van der Waals surface area contributed by atoms with E-state index in [9.17, 15) is 13.6 Å². The number of fused-ring (bicyclic) bond motifs is 1. The van der Waals surface area contributed by atoms with E-state index < -0.39 is 17.5 Å². The van der Waals surface area contributed by atoms with E-state index in [1.54, 1.807) is 12.3 Å². The van der Waals surface area contributed by atoms with Crippen LogP contribution in [0.1, 0.15) is 29.4 Å². The maximum absolute atomic E-state index is 14.9. The zero-order valence-electron chi connectivity index (χ0n) is 17.3. The largest absolute Gasteiger partial charge is 0.319 e. The number of H-pyrrole nitrogens is 1. The molecule has 32 heavy (non-hydrogen) atoms. The fourth-order valence-corrected chi connectivity index (χ4v) is 4.04. The van der Waals surface area contributed by atoms with E-state index in [1.807, 2.05) is 10.9 Å². The minimum Gasteiger partial charge on any atom is -0.319 e. The molecule has 5 rings (SSSR count). The van der Waals surface area contributed by atoms with Crippen LogP contribution in [0, 0.1) is 11.6 Å². The minimum absolute atomic E-state index is 0.0771. The van der Waals surface area contributed by atoms with Gasteiger partial charge in [-0.25, -0.2) is 8.78 Å². The van der Waals surface area contributed by atoms with Gasteiger partial charge in [0.05, 0.1) is 35.8 Å². The second-order valence-corrected chi connectivity index (χ2v) is 8.04. The fraction of sp³-hybridized carbons (Fsp3) is 0.273. The summed E-state index contributed by atoms with van der Waals surface area (Å²) >= 11 is 0. The Bertz CT molecular complexity index is 1290. The Morgan fingerprint density at radius 3 is 2.75 bits per heavy atom. The first-order valence-electron chi connectivity index (χ1n) is 10.3. The zero-order chi connectivity index (χ0) is 22.2. The summed E-state index contributed by atoms with van der Waals surface area (Å²) in [4.78, 5) is 18.7. The van der Waals surface area contributed by atoms with Gasteiger partial charge in [0.25, 0.3) is 5.91 Å². The highest BCUT2D eigenvalue weighted by Gasteiger charge is 2.21. The van der Waals surface area contributed by atoms with Crippen LogP contribution in [0.25, 0.3) is 22.0 Å². The second kappa shape index (κ2) is 8.12. The van der Waals surface area contributed by atoms with E-state index in [2.05, 4.69) is 37.5 Å². The first-order chi connectivity index (χ1) is 15.5. The number of hydrogen-bond donors (Lipinski definition) is 2. The molecule has 1 saturated heterocycles. The molecule has 0 aliphatic carbocycles. The number of amides is 1. The number of likely N-dealkylation sites (tertiary alicyclic amines) is 1. The summed E-state index contributed by atoms with van der Waals surface area (Å²) in [6.45, 7) is 1.99. The van der Waals surface area contributed by atoms with Crippen LogP contribution in [0.15, 0.2) is 43.0 Å². The average Bonchev–Trinajstić information content (AvgIpc) is 3.41. The number of anilines is 1. The number of aromatic nitrogens is 5. The predicted octanol–water partition coefficient (Wildman–Crippen LogP) is 3.62. The third kappa shape index (κ3) is 3.84. The number of piperidine rings is 1. The lowest BCUT2D eigenvalue weighted by molar-refractivity contribution is 0.102. The van der Waals surface area contributed by atoms with Gasteiger partial charge in [-0.15, -0.1) is 0 Å². The Morgan fingerprint density at radius 2 is 1.97 bits per heavy atom. The summed E-state index contributed by atoms with van der Waals surface area (Å²) in [5, 5.41) is 14.2. The topological polar surface area (TPSA) is 91.7 Å². The Kier molecular flexibility index (Phi) is 5.14. The van der Waals surface area contributed by atoms with Crippen molar-refractivity contribution in [1.29, 1.82) is 0 Å². The number of carbonyl (C=O) groups excluding carboxylic acids is 1. The highest BCUT2D eigenvalue weighted by Crippen LogP contribution is 2.30. The minimum atomic E-state index is -0.569. The van der Waals surface area contributed by atoms with Crippen molar-refractivity contribution in [3.05, 3.63) is 60.3 Å². The quantitative estimate of drug-likeness (QED) is 0.509. The fourth-order valence-electron chi connectivity index (χ4n) is 4.04. The van der Waals surface area contributed by atoms with E-state index in [1.165, 1.54) is 12.3 Å². The van der Waals surface area contributed by atoms with Gasteiger partial charge in [-0.3, -0.25) is 19.6 Å². The summed E-state index contributed by atoms with van der Waals surface area (Å²) in [6.07, 6.45) is 7.83. The van der Waals surface area contributed by atoms with Crippen molar-refractivity contribution in [3.63, 3.8) is 0 Å². The molecule has 8 nitrogen and oxygen atoms in total. The number of nitrogens with zero attached hydrogens (tertiary/aromatic N) is 5. The summed E-state index contributed by atoms with van der Waals surface area (Å²) < 4.78 is 30.1. The third-order valence-corrected chi connectivity index (χ3v) is 5.80. The van der Waals surface area contributed by atoms with Crippen LogP contribution in [-0.2, 0) is 0 Å². The SMILES string of the molecule is CN1CCC(n2cc(-c3cc4c(C(=O)Nc5cncc(F)c5)n[nH]c4cc3F)cn2)CC1. The van der Waals surface area contributed by atoms with Gasteiger partial charge in [0.2, 0.25) is 0 Å². The molecule has 164 valence electrons. The van der Waals surface area contributed by atoms with Crippen molar-refractivity contribution in [2.45, 2.75) is 18.9 Å². The molecule has 1 amide bonds. The Labute approximate surface area is 182 Å². The Morgan fingerprint density at radius 1 is 1.16 bits per heavy atom. The molecule has 0 bridgehead atoms. The Hall–Kier alpha value is -3.66. The number of benzene rings is 1. The number of aromatic amines is 1. The molecule has 10 heteroatoms. The first kappa shape index (κ1) is 20.3. The van der Waals surface area contributed by atoms with Crippen molar-refractivity contribution in [2.75, 3.05) is 25.5 Å². The highest BCUT2D eigenvalue weighted by molar-refractivity contribution is 6.11. The lowest BCUT2D eigenvalue weighted by Gasteiger charge is -2.28. The molecular weight excluding hydrogens is 416 g/mol. The van der Waals surface area contributed by atoms with Gasteiger partial charge in [-0.05, 0) is 39.0 Å². The summed E-state index contributed by atoms with van der Waals surface area (Å²) in [7, 11) is 2.10. The van der Waals surface area contributed by atoms with Gasteiger partial charge in [-0.2, -0.15) is 10.2 Å². The number of pyridine rings is 1. The highest BCUT2D eigenvalue weighted by atomic mass is 19.1. The molecule has 0 unspecified atom stereocenters. The molecule has 1 fully saturated rings. The van der Waals surface area contributed by atoms with Crippen molar-refractivity contribution < 1.29 is 13.6 Å². The number of nitrogens with one attached hydrogen (secondary N) is 2. The first-order valence-corrected chi connectivity index (χ1v) is 10.3. The molecule has 2 N–H and O–H groups in total. The van der Waals surface area contributed by atoms with E-state index in [0.29, 0.717) is 22.0 Å². The average molecular weight is 437 g/mol. The van der Waals surface area contributed by atoms with Gasteiger partial charge in [0, 0.05) is 34.8 Å². The molecule has 3 aromatic heterocycles. The van der Waals surface area contributed by atoms with Crippen LogP contribution in [0.2, 0.25) is 0 Å². The van der Waals surface area contributed by atoms with Crippen molar-refractivity contribution in [1.82, 2.24) is 29.9 Å². The zero-order valence-corrected chi connectivity index (χ0v) is 17.3. The van der Waals surface area contributed by atoms with Crippen molar-refractivity contribution >= 4 is 22.5 Å². The maximum atomic E-state index is 14.9. The monoisotopic (exact) mass is 437 g/mol. The molecule has 0 saturated carbocycles. The van der Waals surface area contributed by atoms with E-state index >= 15 is 0 Å². The molecule has 1 aromatic carbocycles. The van der Waals surface area contributed by atoms with Crippen LogP contribution in [0.3, 0.4) is 0 Å². The number of rotatable bonds is 4. The van der Waals surface area contributed by atoms with Gasteiger partial charge in [-0.1, -0.05) is 0 Å². The van der Waals surface area contributed by atoms with Crippen LogP contribution in [0.4, 0.5) is 14.5 Å². The number of halogens is 2. The van der Waals surface area contributed by atoms with Crippen molar-refractivity contribution in [2.24, 2.45) is 0 Å². The molecular formula is C22H21F2N7O. The van der Waals surface area contributed by atoms with Crippen LogP contribution in [0.5, 0.6) is 0 Å². The smallest absolute Gasteiger partial charge is 0.276 e. The van der Waals surface area contributed by atoms with E-state index in [4.69, 9.17) is 0 Å².